The summed E-state index contributed by atoms with van der Waals surface area (Å²) in [6.07, 6.45) is 2.31. The average molecular weight is 646 g/mol. The number of fused-ring (bicyclic) bond motifs is 3. The molecule has 0 aromatic heterocycles. The number of methoxy groups -OCH3 is 2. The van der Waals surface area contributed by atoms with Gasteiger partial charge in [-0.25, -0.2) is 0 Å². The molecule has 1 aliphatic rings. The number of nitrogens with one attached hydrogen (secondary N) is 1. The highest BCUT2D eigenvalue weighted by atomic mass is 16.5. The van der Waals surface area contributed by atoms with Crippen LogP contribution in [0.2, 0.25) is 0 Å². The predicted octanol–water partition coefficient (Wildman–Crippen LogP) is 7.08. The van der Waals surface area contributed by atoms with Crippen molar-refractivity contribution in [1.82, 2.24) is 5.32 Å². The predicted molar refractivity (Wildman–Crippen MR) is 189 cm³/mol. The number of amides is 3. The Balaban J connectivity index is 1.55. The average Bonchev–Trinajstić information content (AvgIpc) is 3.18. The van der Waals surface area contributed by atoms with Crippen molar-refractivity contribution in [2.75, 3.05) is 19.1 Å². The summed E-state index contributed by atoms with van der Waals surface area (Å²) in [5.74, 6) is -1.32. The van der Waals surface area contributed by atoms with Gasteiger partial charge in [0.15, 0.2) is 11.5 Å². The Morgan fingerprint density at radius 3 is 2.25 bits per heavy atom. The van der Waals surface area contributed by atoms with Crippen molar-refractivity contribution >= 4 is 23.4 Å². The number of ether oxygens (including phenoxy) is 2. The number of nitrogens with two attached hydrogens (primary N) is 1. The zero-order chi connectivity index (χ0) is 34.4. The molecule has 0 radical (unpaired) electrons. The first-order valence-electron chi connectivity index (χ1n) is 16.2. The lowest BCUT2D eigenvalue weighted by molar-refractivity contribution is -0.135. The van der Waals surface area contributed by atoms with Crippen LogP contribution in [0.1, 0.15) is 43.9 Å². The number of para-hydroxylation sites is 1. The summed E-state index contributed by atoms with van der Waals surface area (Å²) in [4.78, 5) is 43.2. The number of benzene rings is 4. The first-order chi connectivity index (χ1) is 23.2. The number of hydrogen-bond acceptors (Lipinski definition) is 5. The molecule has 3 N–H and O–H groups in total. The summed E-state index contributed by atoms with van der Waals surface area (Å²) in [5.41, 5.74) is 11.8. The number of anilines is 1. The van der Waals surface area contributed by atoms with Crippen molar-refractivity contribution in [2.24, 2.45) is 23.5 Å². The van der Waals surface area contributed by atoms with Gasteiger partial charge >= 0.3 is 0 Å². The van der Waals surface area contributed by atoms with E-state index in [2.05, 4.69) is 11.9 Å². The van der Waals surface area contributed by atoms with E-state index in [0.29, 0.717) is 23.5 Å². The summed E-state index contributed by atoms with van der Waals surface area (Å²) in [5, 5.41) is 3.08. The zero-order valence-electron chi connectivity index (χ0n) is 27.9. The SMILES string of the molecule is C=CC[C@H](C(N)=O)[C@@H](CC(C)C)C(=O)NC1C(=O)N(Cc2cccc(-c3ccc(OC)c(OC)c3)c2)c2ccccc2-c2ccccc21. The van der Waals surface area contributed by atoms with Gasteiger partial charge in [-0.05, 0) is 70.8 Å². The minimum absolute atomic E-state index is 0.114. The number of nitrogens with zero attached hydrogens (tertiary/aromatic N) is 1. The number of carbonyl (C=O) groups is 3. The smallest absolute Gasteiger partial charge is 0.254 e. The van der Waals surface area contributed by atoms with Crippen molar-refractivity contribution in [3.8, 4) is 33.8 Å². The van der Waals surface area contributed by atoms with Gasteiger partial charge in [-0.1, -0.05) is 86.7 Å². The maximum atomic E-state index is 14.8. The Bertz CT molecular complexity index is 1820. The summed E-state index contributed by atoms with van der Waals surface area (Å²) < 4.78 is 10.9. The number of rotatable bonds is 13. The monoisotopic (exact) mass is 645 g/mol. The van der Waals surface area contributed by atoms with Gasteiger partial charge in [0.05, 0.1) is 38.3 Å². The second-order valence-corrected chi connectivity index (χ2v) is 12.5. The van der Waals surface area contributed by atoms with E-state index in [1.807, 2.05) is 105 Å². The van der Waals surface area contributed by atoms with Gasteiger partial charge in [0, 0.05) is 5.56 Å². The van der Waals surface area contributed by atoms with Crippen LogP contribution in [-0.2, 0) is 20.9 Å². The fraction of sp³-hybridized carbons (Fsp3) is 0.275. The van der Waals surface area contributed by atoms with Crippen LogP contribution in [0.4, 0.5) is 5.69 Å². The fourth-order valence-corrected chi connectivity index (χ4v) is 6.56. The molecule has 1 heterocycles. The maximum absolute atomic E-state index is 14.8. The summed E-state index contributed by atoms with van der Waals surface area (Å²) >= 11 is 0. The Kier molecular flexibility index (Phi) is 10.6. The van der Waals surface area contributed by atoms with E-state index in [0.717, 1.165) is 33.5 Å². The second kappa shape index (κ2) is 15.0. The second-order valence-electron chi connectivity index (χ2n) is 12.5. The highest BCUT2D eigenvalue weighted by molar-refractivity contribution is 6.06. The molecular weight excluding hydrogens is 602 g/mol. The molecule has 0 bridgehead atoms. The van der Waals surface area contributed by atoms with E-state index < -0.39 is 23.8 Å². The third-order valence-corrected chi connectivity index (χ3v) is 8.87. The summed E-state index contributed by atoms with van der Waals surface area (Å²) in [6.45, 7) is 8.02. The highest BCUT2D eigenvalue weighted by Gasteiger charge is 2.38. The fourth-order valence-electron chi connectivity index (χ4n) is 6.56. The van der Waals surface area contributed by atoms with Crippen LogP contribution >= 0.6 is 0 Å². The molecule has 248 valence electrons. The van der Waals surface area contributed by atoms with Gasteiger partial charge in [-0.3, -0.25) is 14.4 Å². The van der Waals surface area contributed by atoms with Crippen LogP contribution in [0.15, 0.2) is 104 Å². The molecule has 0 fully saturated rings. The molecule has 0 aliphatic carbocycles. The molecule has 4 aromatic rings. The Morgan fingerprint density at radius 1 is 0.875 bits per heavy atom. The molecule has 0 saturated carbocycles. The molecule has 8 nitrogen and oxygen atoms in total. The quantitative estimate of drug-likeness (QED) is 0.151. The van der Waals surface area contributed by atoms with E-state index in [4.69, 9.17) is 15.2 Å². The lowest BCUT2D eigenvalue weighted by Crippen LogP contribution is -2.47. The number of hydrogen-bond donors (Lipinski definition) is 2. The van der Waals surface area contributed by atoms with Crippen molar-refractivity contribution in [2.45, 2.75) is 39.3 Å². The minimum atomic E-state index is -0.998. The number of primary amides is 1. The van der Waals surface area contributed by atoms with Gasteiger partial charge in [-0.2, -0.15) is 0 Å². The number of allylic oxidation sites excluding steroid dienone is 1. The van der Waals surface area contributed by atoms with Gasteiger partial charge in [0.25, 0.3) is 5.91 Å². The highest BCUT2D eigenvalue weighted by Crippen LogP contribution is 2.41. The van der Waals surface area contributed by atoms with Crippen LogP contribution < -0.4 is 25.4 Å². The zero-order valence-corrected chi connectivity index (χ0v) is 27.9. The topological polar surface area (TPSA) is 111 Å². The van der Waals surface area contributed by atoms with Crippen LogP contribution in [0.3, 0.4) is 0 Å². The lowest BCUT2D eigenvalue weighted by atomic mass is 9.82. The van der Waals surface area contributed by atoms with Gasteiger partial charge in [0.1, 0.15) is 6.04 Å². The van der Waals surface area contributed by atoms with Crippen LogP contribution in [0.5, 0.6) is 11.5 Å². The van der Waals surface area contributed by atoms with Crippen molar-refractivity contribution in [1.29, 1.82) is 0 Å². The molecular formula is C40H43N3O5. The molecule has 48 heavy (non-hydrogen) atoms. The van der Waals surface area contributed by atoms with Crippen LogP contribution in [-0.4, -0.2) is 31.9 Å². The molecule has 0 spiro atoms. The maximum Gasteiger partial charge on any atom is 0.254 e. The largest absolute Gasteiger partial charge is 0.493 e. The minimum Gasteiger partial charge on any atom is -0.493 e. The van der Waals surface area contributed by atoms with E-state index >= 15 is 0 Å². The molecule has 3 atom stereocenters. The van der Waals surface area contributed by atoms with Gasteiger partial charge in [0.2, 0.25) is 11.8 Å². The lowest BCUT2D eigenvalue weighted by Gasteiger charge is -2.30. The Labute approximate surface area is 282 Å². The molecule has 3 amide bonds. The Hall–Kier alpha value is -5.37. The van der Waals surface area contributed by atoms with E-state index in [9.17, 15) is 14.4 Å². The summed E-state index contributed by atoms with van der Waals surface area (Å²) in [6, 6.07) is 28.2. The standard InChI is InChI=1S/C40H43N3O5/c1-6-12-32(38(41)44)33(21-25(2)3)39(45)42-37-31-17-8-7-15-29(31)30-16-9-10-18-34(30)43(40(37)46)24-26-13-11-14-27(22-26)28-19-20-35(47-4)36(23-28)48-5/h6-11,13-20,22-23,25,32-33,37H,1,12,21,24H2,2-5H3,(H2,41,44)(H,42,45)/t32-,33+,37?/m0/s1. The molecule has 1 unspecified atom stereocenters. The third kappa shape index (κ3) is 7.13. The van der Waals surface area contributed by atoms with E-state index in [-0.39, 0.29) is 30.7 Å². The molecule has 8 heteroatoms. The van der Waals surface area contributed by atoms with Crippen molar-refractivity contribution < 1.29 is 23.9 Å². The van der Waals surface area contributed by atoms with Crippen LogP contribution in [0.25, 0.3) is 22.3 Å². The molecule has 5 rings (SSSR count). The van der Waals surface area contributed by atoms with Crippen LogP contribution in [0, 0.1) is 17.8 Å². The first-order valence-corrected chi connectivity index (χ1v) is 16.2. The first kappa shape index (κ1) is 34.0. The normalized spacial score (nSPS) is 15.1. The molecule has 4 aromatic carbocycles. The third-order valence-electron chi connectivity index (χ3n) is 8.87. The van der Waals surface area contributed by atoms with Gasteiger partial charge < -0.3 is 25.4 Å². The molecule has 0 saturated heterocycles. The molecule has 1 aliphatic heterocycles. The van der Waals surface area contributed by atoms with E-state index in [1.165, 1.54) is 0 Å². The van der Waals surface area contributed by atoms with E-state index in [1.54, 1.807) is 25.2 Å². The van der Waals surface area contributed by atoms with Crippen molar-refractivity contribution in [3.05, 3.63) is 115 Å². The van der Waals surface area contributed by atoms with Crippen molar-refractivity contribution in [3.63, 3.8) is 0 Å². The Morgan fingerprint density at radius 2 is 1.56 bits per heavy atom. The number of carbonyl (C=O) groups excluding carboxylic acids is 3. The van der Waals surface area contributed by atoms with Gasteiger partial charge in [-0.15, -0.1) is 6.58 Å². The summed E-state index contributed by atoms with van der Waals surface area (Å²) in [7, 11) is 3.20.